The maximum absolute atomic E-state index is 5.91. The standard InChI is InChI=1S/C11H13ClOS/c1-3-9(12)8-14-11-6-4-10(13-2)5-7-11/h3-7,9H,1,8H2,2H3. The van der Waals surface area contributed by atoms with Gasteiger partial charge in [0.1, 0.15) is 5.75 Å². The molecule has 0 aliphatic heterocycles. The summed E-state index contributed by atoms with van der Waals surface area (Å²) in [5.74, 6) is 1.72. The molecule has 0 amide bonds. The molecule has 0 bridgehead atoms. The molecule has 14 heavy (non-hydrogen) atoms. The number of thioether (sulfide) groups is 1. The van der Waals surface area contributed by atoms with Gasteiger partial charge in [-0.1, -0.05) is 6.08 Å². The van der Waals surface area contributed by atoms with Crippen LogP contribution in [0.3, 0.4) is 0 Å². The Kier molecular flexibility index (Phi) is 4.91. The third-order valence-corrected chi connectivity index (χ3v) is 3.37. The van der Waals surface area contributed by atoms with Crippen LogP contribution in [0.25, 0.3) is 0 Å². The van der Waals surface area contributed by atoms with Crippen molar-refractivity contribution in [3.63, 3.8) is 0 Å². The van der Waals surface area contributed by atoms with E-state index in [-0.39, 0.29) is 5.38 Å². The zero-order valence-electron chi connectivity index (χ0n) is 8.07. The zero-order valence-corrected chi connectivity index (χ0v) is 9.65. The van der Waals surface area contributed by atoms with Gasteiger partial charge in [0.15, 0.2) is 0 Å². The monoisotopic (exact) mass is 228 g/mol. The Morgan fingerprint density at radius 1 is 1.50 bits per heavy atom. The van der Waals surface area contributed by atoms with Crippen molar-refractivity contribution >= 4 is 23.4 Å². The largest absolute Gasteiger partial charge is 0.497 e. The number of hydrogen-bond acceptors (Lipinski definition) is 2. The summed E-state index contributed by atoms with van der Waals surface area (Å²) in [5.41, 5.74) is 0. The van der Waals surface area contributed by atoms with Crippen LogP contribution in [0.2, 0.25) is 0 Å². The molecule has 0 N–H and O–H groups in total. The number of allylic oxidation sites excluding steroid dienone is 1. The van der Waals surface area contributed by atoms with Crippen LogP contribution in [0.5, 0.6) is 5.75 Å². The molecule has 1 aromatic rings. The van der Waals surface area contributed by atoms with Gasteiger partial charge in [0.25, 0.3) is 0 Å². The van der Waals surface area contributed by atoms with E-state index >= 15 is 0 Å². The number of ether oxygens (including phenoxy) is 1. The van der Waals surface area contributed by atoms with Gasteiger partial charge in [0.05, 0.1) is 12.5 Å². The highest BCUT2D eigenvalue weighted by molar-refractivity contribution is 7.99. The lowest BCUT2D eigenvalue weighted by molar-refractivity contribution is 0.414. The highest BCUT2D eigenvalue weighted by Gasteiger charge is 2.00. The summed E-state index contributed by atoms with van der Waals surface area (Å²) < 4.78 is 5.06. The quantitative estimate of drug-likeness (QED) is 0.433. The van der Waals surface area contributed by atoms with E-state index in [0.717, 1.165) is 11.5 Å². The van der Waals surface area contributed by atoms with Crippen LogP contribution in [-0.4, -0.2) is 18.2 Å². The van der Waals surface area contributed by atoms with Crippen molar-refractivity contribution in [1.82, 2.24) is 0 Å². The van der Waals surface area contributed by atoms with Crippen molar-refractivity contribution in [1.29, 1.82) is 0 Å². The number of alkyl halides is 1. The van der Waals surface area contributed by atoms with E-state index in [0.29, 0.717) is 0 Å². The van der Waals surface area contributed by atoms with E-state index in [9.17, 15) is 0 Å². The Labute approximate surface area is 94.1 Å². The lowest BCUT2D eigenvalue weighted by Gasteiger charge is -2.04. The molecular weight excluding hydrogens is 216 g/mol. The van der Waals surface area contributed by atoms with Gasteiger partial charge in [0, 0.05) is 10.6 Å². The van der Waals surface area contributed by atoms with Gasteiger partial charge in [-0.2, -0.15) is 0 Å². The number of benzene rings is 1. The van der Waals surface area contributed by atoms with Gasteiger partial charge in [0.2, 0.25) is 0 Å². The molecule has 0 heterocycles. The molecule has 0 radical (unpaired) electrons. The van der Waals surface area contributed by atoms with Crippen LogP contribution in [0, 0.1) is 0 Å². The van der Waals surface area contributed by atoms with Gasteiger partial charge in [-0.25, -0.2) is 0 Å². The predicted octanol–water partition coefficient (Wildman–Crippen LogP) is 3.58. The molecule has 1 aromatic carbocycles. The molecule has 0 aromatic heterocycles. The molecule has 0 saturated carbocycles. The second kappa shape index (κ2) is 5.99. The minimum atomic E-state index is 0.0297. The Hall–Kier alpha value is -0.600. The van der Waals surface area contributed by atoms with E-state index in [1.165, 1.54) is 4.90 Å². The molecule has 1 rings (SSSR count). The summed E-state index contributed by atoms with van der Waals surface area (Å²) in [4.78, 5) is 1.19. The van der Waals surface area contributed by atoms with Crippen molar-refractivity contribution < 1.29 is 4.74 Å². The molecule has 0 fully saturated rings. The Bertz CT molecular complexity index is 284. The average molecular weight is 229 g/mol. The minimum Gasteiger partial charge on any atom is -0.497 e. The van der Waals surface area contributed by atoms with Crippen LogP contribution in [-0.2, 0) is 0 Å². The molecule has 1 nitrogen and oxygen atoms in total. The van der Waals surface area contributed by atoms with Crippen LogP contribution in [0.4, 0.5) is 0 Å². The van der Waals surface area contributed by atoms with Gasteiger partial charge in [-0.3, -0.25) is 0 Å². The van der Waals surface area contributed by atoms with Crippen LogP contribution < -0.4 is 4.74 Å². The fourth-order valence-electron chi connectivity index (χ4n) is 0.916. The first-order valence-electron chi connectivity index (χ1n) is 4.29. The van der Waals surface area contributed by atoms with Crippen molar-refractivity contribution in [2.75, 3.05) is 12.9 Å². The first-order valence-corrected chi connectivity index (χ1v) is 5.72. The summed E-state index contributed by atoms with van der Waals surface area (Å²) in [5, 5.41) is 0.0297. The predicted molar refractivity (Wildman–Crippen MR) is 63.6 cm³/mol. The fraction of sp³-hybridized carbons (Fsp3) is 0.273. The fourth-order valence-corrected chi connectivity index (χ4v) is 1.92. The lowest BCUT2D eigenvalue weighted by atomic mass is 10.3. The number of halogens is 1. The summed E-state index contributed by atoms with van der Waals surface area (Å²) in [6.45, 7) is 3.63. The summed E-state index contributed by atoms with van der Waals surface area (Å²) in [7, 11) is 1.66. The number of methoxy groups -OCH3 is 1. The summed E-state index contributed by atoms with van der Waals surface area (Å²) in [6, 6.07) is 7.94. The van der Waals surface area contributed by atoms with Crippen molar-refractivity contribution in [2.45, 2.75) is 10.3 Å². The second-order valence-electron chi connectivity index (χ2n) is 2.74. The topological polar surface area (TPSA) is 9.23 Å². The Morgan fingerprint density at radius 2 is 2.14 bits per heavy atom. The molecule has 3 heteroatoms. The number of rotatable bonds is 5. The van der Waals surface area contributed by atoms with Gasteiger partial charge < -0.3 is 4.74 Å². The first kappa shape index (κ1) is 11.5. The molecular formula is C11H13ClOS. The summed E-state index contributed by atoms with van der Waals surface area (Å²) in [6.07, 6.45) is 1.75. The van der Waals surface area contributed by atoms with E-state index in [1.807, 2.05) is 24.3 Å². The molecule has 0 spiro atoms. The highest BCUT2D eigenvalue weighted by atomic mass is 35.5. The van der Waals surface area contributed by atoms with Crippen LogP contribution >= 0.6 is 23.4 Å². The smallest absolute Gasteiger partial charge is 0.118 e. The Balaban J connectivity index is 2.47. The first-order chi connectivity index (χ1) is 6.76. The molecule has 0 aliphatic carbocycles. The van der Waals surface area contributed by atoms with E-state index < -0.39 is 0 Å². The maximum Gasteiger partial charge on any atom is 0.118 e. The highest BCUT2D eigenvalue weighted by Crippen LogP contribution is 2.23. The summed E-state index contributed by atoms with van der Waals surface area (Å²) >= 11 is 7.62. The molecule has 76 valence electrons. The lowest BCUT2D eigenvalue weighted by Crippen LogP contribution is -1.95. The van der Waals surface area contributed by atoms with Gasteiger partial charge >= 0.3 is 0 Å². The maximum atomic E-state index is 5.91. The molecule has 1 atom stereocenters. The SMILES string of the molecule is C=CC(Cl)CSc1ccc(OC)cc1. The van der Waals surface area contributed by atoms with Gasteiger partial charge in [-0.15, -0.1) is 29.9 Å². The molecule has 1 unspecified atom stereocenters. The normalized spacial score (nSPS) is 12.1. The zero-order chi connectivity index (χ0) is 10.4. The van der Waals surface area contributed by atoms with E-state index in [1.54, 1.807) is 24.9 Å². The van der Waals surface area contributed by atoms with Gasteiger partial charge in [-0.05, 0) is 24.3 Å². The van der Waals surface area contributed by atoms with Crippen molar-refractivity contribution in [2.24, 2.45) is 0 Å². The Morgan fingerprint density at radius 3 is 2.64 bits per heavy atom. The van der Waals surface area contributed by atoms with Crippen LogP contribution in [0.1, 0.15) is 0 Å². The second-order valence-corrected chi connectivity index (χ2v) is 4.39. The molecule has 0 aliphatic rings. The van der Waals surface area contributed by atoms with Crippen LogP contribution in [0.15, 0.2) is 41.8 Å². The third kappa shape index (κ3) is 3.64. The average Bonchev–Trinajstić information content (AvgIpc) is 2.26. The third-order valence-electron chi connectivity index (χ3n) is 1.72. The van der Waals surface area contributed by atoms with E-state index in [4.69, 9.17) is 16.3 Å². The molecule has 0 saturated heterocycles. The van der Waals surface area contributed by atoms with Crippen molar-refractivity contribution in [3.05, 3.63) is 36.9 Å². The van der Waals surface area contributed by atoms with E-state index in [2.05, 4.69) is 6.58 Å². The minimum absolute atomic E-state index is 0.0297. The van der Waals surface area contributed by atoms with Crippen molar-refractivity contribution in [3.8, 4) is 5.75 Å². The number of hydrogen-bond donors (Lipinski definition) is 0.